The molecule has 2 aromatic heterocycles. The Balaban J connectivity index is 1.74. The number of fused-ring (bicyclic) bond motifs is 1. The van der Waals surface area contributed by atoms with Crippen LogP contribution in [0.2, 0.25) is 0 Å². The van der Waals surface area contributed by atoms with E-state index in [9.17, 15) is 9.59 Å². The number of carboxylic acid groups (broad SMARTS) is 1. The Morgan fingerprint density at radius 2 is 2.20 bits per heavy atom. The maximum Gasteiger partial charge on any atom is 0.303 e. The van der Waals surface area contributed by atoms with Crippen LogP contribution in [-0.4, -0.2) is 54.6 Å². The molecule has 8 heteroatoms. The number of likely N-dealkylation sites (tertiary alicyclic amines) is 1. The highest BCUT2D eigenvalue weighted by molar-refractivity contribution is 5.91. The summed E-state index contributed by atoms with van der Waals surface area (Å²) in [6, 6.07) is 1.78. The van der Waals surface area contributed by atoms with Crippen molar-refractivity contribution in [2.75, 3.05) is 13.1 Å². The van der Waals surface area contributed by atoms with Crippen LogP contribution in [0.4, 0.5) is 0 Å². The minimum atomic E-state index is -0.840. The monoisotopic (exact) mass is 275 g/mol. The van der Waals surface area contributed by atoms with Crippen LogP contribution in [0.25, 0.3) is 5.78 Å². The van der Waals surface area contributed by atoms with Gasteiger partial charge in [0.1, 0.15) is 0 Å². The Labute approximate surface area is 114 Å². The summed E-state index contributed by atoms with van der Waals surface area (Å²) in [7, 11) is 0. The van der Waals surface area contributed by atoms with Gasteiger partial charge in [-0.25, -0.2) is 9.50 Å². The van der Waals surface area contributed by atoms with Crippen LogP contribution in [0.5, 0.6) is 0 Å². The summed E-state index contributed by atoms with van der Waals surface area (Å²) in [5, 5.41) is 12.8. The molecule has 0 aromatic carbocycles. The molecule has 0 unspecified atom stereocenters. The molecule has 20 heavy (non-hydrogen) atoms. The fraction of sp³-hybridized carbons (Fsp3) is 0.417. The number of amides is 1. The number of aliphatic carboxylic acids is 1. The molecule has 0 spiro atoms. The highest BCUT2D eigenvalue weighted by atomic mass is 16.4. The number of rotatable bonds is 3. The van der Waals surface area contributed by atoms with Crippen LogP contribution in [0.3, 0.4) is 0 Å². The van der Waals surface area contributed by atoms with Crippen molar-refractivity contribution in [3.05, 3.63) is 23.8 Å². The topological polar surface area (TPSA) is 101 Å². The average Bonchev–Trinajstić information content (AvgIpc) is 2.77. The molecular weight excluding hydrogens is 262 g/mol. The lowest BCUT2D eigenvalue weighted by Crippen LogP contribution is -2.50. The fourth-order valence-electron chi connectivity index (χ4n) is 2.25. The summed E-state index contributed by atoms with van der Waals surface area (Å²) in [5.41, 5.74) is 0.842. The van der Waals surface area contributed by atoms with Crippen LogP contribution in [-0.2, 0) is 4.79 Å². The second-order valence-corrected chi connectivity index (χ2v) is 4.91. The third-order valence-electron chi connectivity index (χ3n) is 3.33. The minimum absolute atomic E-state index is 0.0216. The standard InChI is InChI=1S/C12H13N5O3/c1-7-2-3-13-12-14-10(15-17(7)12)11(20)16-5-8(6-16)4-9(18)19/h2-3,8H,4-6H2,1H3,(H,18,19). The van der Waals surface area contributed by atoms with E-state index in [2.05, 4.69) is 15.1 Å². The molecule has 0 bridgehead atoms. The smallest absolute Gasteiger partial charge is 0.303 e. The molecule has 0 radical (unpaired) electrons. The Bertz CT molecular complexity index is 689. The predicted molar refractivity (Wildman–Crippen MR) is 67.2 cm³/mol. The van der Waals surface area contributed by atoms with Crippen molar-refractivity contribution >= 4 is 17.7 Å². The molecule has 8 nitrogen and oxygen atoms in total. The van der Waals surface area contributed by atoms with Gasteiger partial charge in [0.25, 0.3) is 11.7 Å². The van der Waals surface area contributed by atoms with Crippen molar-refractivity contribution < 1.29 is 14.7 Å². The maximum absolute atomic E-state index is 12.2. The van der Waals surface area contributed by atoms with E-state index in [1.807, 2.05) is 6.92 Å². The first-order chi connectivity index (χ1) is 9.54. The molecule has 1 amide bonds. The zero-order valence-electron chi connectivity index (χ0n) is 10.9. The Hall–Kier alpha value is -2.51. The number of aryl methyl sites for hydroxylation is 1. The normalized spacial score (nSPS) is 15.3. The van der Waals surface area contributed by atoms with Crippen molar-refractivity contribution in [2.24, 2.45) is 5.92 Å². The van der Waals surface area contributed by atoms with E-state index >= 15 is 0 Å². The van der Waals surface area contributed by atoms with Gasteiger partial charge < -0.3 is 10.0 Å². The maximum atomic E-state index is 12.2. The molecule has 1 N–H and O–H groups in total. The van der Waals surface area contributed by atoms with Crippen molar-refractivity contribution in [2.45, 2.75) is 13.3 Å². The van der Waals surface area contributed by atoms with Gasteiger partial charge in [0.2, 0.25) is 5.82 Å². The first kappa shape index (κ1) is 12.5. The number of nitrogens with zero attached hydrogens (tertiary/aromatic N) is 5. The molecule has 1 fully saturated rings. The Morgan fingerprint density at radius 1 is 1.45 bits per heavy atom. The Morgan fingerprint density at radius 3 is 2.85 bits per heavy atom. The van der Waals surface area contributed by atoms with Crippen LogP contribution < -0.4 is 0 Å². The minimum Gasteiger partial charge on any atom is -0.481 e. The van der Waals surface area contributed by atoms with Crippen LogP contribution >= 0.6 is 0 Å². The van der Waals surface area contributed by atoms with Gasteiger partial charge in [-0.05, 0) is 13.0 Å². The van der Waals surface area contributed by atoms with E-state index in [0.29, 0.717) is 18.9 Å². The summed E-state index contributed by atoms with van der Waals surface area (Å²) in [6.07, 6.45) is 1.70. The molecule has 0 saturated carbocycles. The van der Waals surface area contributed by atoms with Crippen molar-refractivity contribution in [3.63, 3.8) is 0 Å². The molecule has 2 aromatic rings. The van der Waals surface area contributed by atoms with Crippen molar-refractivity contribution in [3.8, 4) is 0 Å². The highest BCUT2D eigenvalue weighted by Crippen LogP contribution is 2.20. The van der Waals surface area contributed by atoms with Gasteiger partial charge in [-0.1, -0.05) is 0 Å². The van der Waals surface area contributed by atoms with Gasteiger partial charge in [-0.2, -0.15) is 4.98 Å². The second kappa shape index (κ2) is 4.55. The third kappa shape index (κ3) is 2.09. The van der Waals surface area contributed by atoms with Crippen LogP contribution in [0.1, 0.15) is 22.7 Å². The van der Waals surface area contributed by atoms with Crippen LogP contribution in [0, 0.1) is 12.8 Å². The lowest BCUT2D eigenvalue weighted by Gasteiger charge is -2.37. The number of carbonyl (C=O) groups is 2. The SMILES string of the molecule is Cc1ccnc2nc(C(=O)N3CC(CC(=O)O)C3)nn12. The van der Waals surface area contributed by atoms with Gasteiger partial charge in [0.05, 0.1) is 6.42 Å². The van der Waals surface area contributed by atoms with Gasteiger partial charge in [-0.15, -0.1) is 5.10 Å². The highest BCUT2D eigenvalue weighted by Gasteiger charge is 2.34. The lowest BCUT2D eigenvalue weighted by atomic mass is 9.96. The van der Waals surface area contributed by atoms with E-state index in [-0.39, 0.29) is 24.1 Å². The quantitative estimate of drug-likeness (QED) is 0.844. The van der Waals surface area contributed by atoms with Gasteiger partial charge in [0, 0.05) is 30.9 Å². The lowest BCUT2D eigenvalue weighted by molar-refractivity contribution is -0.139. The molecular formula is C12H13N5O3. The molecule has 1 aliphatic heterocycles. The molecule has 3 rings (SSSR count). The van der Waals surface area contributed by atoms with Crippen molar-refractivity contribution in [1.82, 2.24) is 24.5 Å². The summed E-state index contributed by atoms with van der Waals surface area (Å²) in [6.45, 7) is 2.73. The number of carbonyl (C=O) groups excluding carboxylic acids is 1. The molecule has 1 saturated heterocycles. The van der Waals surface area contributed by atoms with E-state index < -0.39 is 5.97 Å². The summed E-state index contributed by atoms with van der Waals surface area (Å²) in [5.74, 6) is -0.616. The first-order valence-corrected chi connectivity index (χ1v) is 6.24. The number of aromatic nitrogens is 4. The van der Waals surface area contributed by atoms with Gasteiger partial charge >= 0.3 is 5.97 Å². The number of hydrogen-bond donors (Lipinski definition) is 1. The average molecular weight is 275 g/mol. The second-order valence-electron chi connectivity index (χ2n) is 4.91. The third-order valence-corrected chi connectivity index (χ3v) is 3.33. The van der Waals surface area contributed by atoms with Crippen LogP contribution in [0.15, 0.2) is 12.3 Å². The Kier molecular flexibility index (Phi) is 2.85. The molecule has 0 atom stereocenters. The van der Waals surface area contributed by atoms with Gasteiger partial charge in [0.15, 0.2) is 0 Å². The zero-order valence-corrected chi connectivity index (χ0v) is 10.9. The molecule has 0 aliphatic carbocycles. The largest absolute Gasteiger partial charge is 0.481 e. The summed E-state index contributed by atoms with van der Waals surface area (Å²) >= 11 is 0. The van der Waals surface area contributed by atoms with E-state index in [0.717, 1.165) is 5.69 Å². The fourth-order valence-corrected chi connectivity index (χ4v) is 2.25. The summed E-state index contributed by atoms with van der Waals surface area (Å²) in [4.78, 5) is 32.4. The number of carboxylic acids is 1. The van der Waals surface area contributed by atoms with Gasteiger partial charge in [-0.3, -0.25) is 9.59 Å². The zero-order chi connectivity index (χ0) is 14.3. The molecule has 3 heterocycles. The van der Waals surface area contributed by atoms with Crippen molar-refractivity contribution in [1.29, 1.82) is 0 Å². The summed E-state index contributed by atoms with van der Waals surface area (Å²) < 4.78 is 1.52. The number of hydrogen-bond acceptors (Lipinski definition) is 5. The van der Waals surface area contributed by atoms with E-state index in [4.69, 9.17) is 5.11 Å². The first-order valence-electron chi connectivity index (χ1n) is 6.24. The van der Waals surface area contributed by atoms with E-state index in [1.165, 1.54) is 4.52 Å². The predicted octanol–water partition coefficient (Wildman–Crippen LogP) is -0.0206. The molecule has 1 aliphatic rings. The molecule has 104 valence electrons. The van der Waals surface area contributed by atoms with E-state index in [1.54, 1.807) is 17.2 Å².